The van der Waals surface area contributed by atoms with E-state index >= 15 is 0 Å². The molecule has 0 spiro atoms. The first-order valence-electron chi connectivity index (χ1n) is 3.74. The minimum Gasteiger partial charge on any atom is -0.313 e. The highest BCUT2D eigenvalue weighted by molar-refractivity contribution is 5.09. The van der Waals surface area contributed by atoms with E-state index in [-0.39, 0.29) is 0 Å². The molecule has 0 bridgehead atoms. The summed E-state index contributed by atoms with van der Waals surface area (Å²) in [6.45, 7) is 6.75. The maximum atomic E-state index is 3.32. The highest BCUT2D eigenvalue weighted by Crippen LogP contribution is 2.15. The predicted molar refractivity (Wildman–Crippen MR) is 40.4 cm³/mol. The SMILES string of the molecule is CCC1=CCNCC1C. The Morgan fingerprint density at radius 2 is 2.56 bits per heavy atom. The highest BCUT2D eigenvalue weighted by atomic mass is 14.9. The average Bonchev–Trinajstić information content (AvgIpc) is 1.89. The van der Waals surface area contributed by atoms with Crippen LogP contribution in [0.1, 0.15) is 20.3 Å². The zero-order valence-corrected chi connectivity index (χ0v) is 6.28. The van der Waals surface area contributed by atoms with E-state index in [0.29, 0.717) is 0 Å². The first-order valence-corrected chi connectivity index (χ1v) is 3.74. The first-order chi connectivity index (χ1) is 4.34. The first kappa shape index (κ1) is 6.81. The van der Waals surface area contributed by atoms with Gasteiger partial charge in [0, 0.05) is 13.1 Å². The Morgan fingerprint density at radius 3 is 3.00 bits per heavy atom. The summed E-state index contributed by atoms with van der Waals surface area (Å²) in [7, 11) is 0. The molecule has 0 saturated heterocycles. The molecule has 1 aliphatic rings. The Labute approximate surface area is 57.1 Å². The zero-order chi connectivity index (χ0) is 6.69. The normalized spacial score (nSPS) is 27.8. The lowest BCUT2D eigenvalue weighted by molar-refractivity contribution is 0.554. The van der Waals surface area contributed by atoms with Gasteiger partial charge in [0.05, 0.1) is 0 Å². The predicted octanol–water partition coefficient (Wildman–Crippen LogP) is 1.56. The van der Waals surface area contributed by atoms with Gasteiger partial charge in [-0.25, -0.2) is 0 Å². The largest absolute Gasteiger partial charge is 0.313 e. The summed E-state index contributed by atoms with van der Waals surface area (Å²) in [5.74, 6) is 0.767. The van der Waals surface area contributed by atoms with Crippen LogP contribution in [0.4, 0.5) is 0 Å². The molecule has 0 aromatic carbocycles. The van der Waals surface area contributed by atoms with Crippen LogP contribution in [0.15, 0.2) is 11.6 Å². The molecule has 0 aromatic rings. The Morgan fingerprint density at radius 1 is 1.78 bits per heavy atom. The summed E-state index contributed by atoms with van der Waals surface area (Å²) in [5, 5.41) is 3.32. The van der Waals surface area contributed by atoms with Crippen molar-refractivity contribution >= 4 is 0 Å². The van der Waals surface area contributed by atoms with Gasteiger partial charge in [-0.05, 0) is 12.3 Å². The second kappa shape index (κ2) is 3.02. The molecule has 1 heteroatoms. The molecule has 0 radical (unpaired) electrons. The minimum atomic E-state index is 0.767. The standard InChI is InChI=1S/C8H15N/c1-3-8-4-5-9-6-7(8)2/h4,7,9H,3,5-6H2,1-2H3. The molecule has 1 nitrogen and oxygen atoms in total. The van der Waals surface area contributed by atoms with Gasteiger partial charge in [0.15, 0.2) is 0 Å². The summed E-state index contributed by atoms with van der Waals surface area (Å²) in [5.41, 5.74) is 1.62. The van der Waals surface area contributed by atoms with E-state index in [2.05, 4.69) is 25.2 Å². The molecule has 0 amide bonds. The van der Waals surface area contributed by atoms with Crippen LogP contribution < -0.4 is 5.32 Å². The quantitative estimate of drug-likeness (QED) is 0.524. The van der Waals surface area contributed by atoms with Crippen molar-refractivity contribution in [3.8, 4) is 0 Å². The fourth-order valence-electron chi connectivity index (χ4n) is 1.33. The second-order valence-electron chi connectivity index (χ2n) is 2.69. The van der Waals surface area contributed by atoms with Gasteiger partial charge in [-0.3, -0.25) is 0 Å². The van der Waals surface area contributed by atoms with Crippen LogP contribution in [0.3, 0.4) is 0 Å². The second-order valence-corrected chi connectivity index (χ2v) is 2.69. The number of hydrogen-bond donors (Lipinski definition) is 1. The highest BCUT2D eigenvalue weighted by Gasteiger charge is 2.08. The van der Waals surface area contributed by atoms with Crippen molar-refractivity contribution in [1.29, 1.82) is 0 Å². The molecule has 1 heterocycles. The number of nitrogens with one attached hydrogen (secondary N) is 1. The van der Waals surface area contributed by atoms with E-state index in [0.717, 1.165) is 12.5 Å². The van der Waals surface area contributed by atoms with Crippen molar-refractivity contribution < 1.29 is 0 Å². The lowest BCUT2D eigenvalue weighted by Gasteiger charge is -2.19. The molecular weight excluding hydrogens is 110 g/mol. The van der Waals surface area contributed by atoms with Gasteiger partial charge < -0.3 is 5.32 Å². The zero-order valence-electron chi connectivity index (χ0n) is 6.28. The molecule has 0 aliphatic carbocycles. The lowest BCUT2D eigenvalue weighted by Crippen LogP contribution is -2.27. The van der Waals surface area contributed by atoms with Crippen LogP contribution in [-0.2, 0) is 0 Å². The van der Waals surface area contributed by atoms with Crippen LogP contribution >= 0.6 is 0 Å². The molecule has 0 fully saturated rings. The van der Waals surface area contributed by atoms with Crippen molar-refractivity contribution in [3.05, 3.63) is 11.6 Å². The molecule has 1 atom stereocenters. The molecule has 1 aliphatic heterocycles. The van der Waals surface area contributed by atoms with Crippen LogP contribution in [0.2, 0.25) is 0 Å². The summed E-state index contributed by atoms with van der Waals surface area (Å²) >= 11 is 0. The Bertz CT molecular complexity index is 116. The van der Waals surface area contributed by atoms with Gasteiger partial charge in [0.25, 0.3) is 0 Å². The molecule has 9 heavy (non-hydrogen) atoms. The van der Waals surface area contributed by atoms with Crippen molar-refractivity contribution in [1.82, 2.24) is 5.32 Å². The molecule has 0 aromatic heterocycles. The summed E-state index contributed by atoms with van der Waals surface area (Å²) in [6, 6.07) is 0. The van der Waals surface area contributed by atoms with Crippen molar-refractivity contribution in [2.24, 2.45) is 5.92 Å². The van der Waals surface area contributed by atoms with E-state index in [1.54, 1.807) is 5.57 Å². The van der Waals surface area contributed by atoms with Crippen molar-refractivity contribution in [3.63, 3.8) is 0 Å². The smallest absolute Gasteiger partial charge is 0.0137 e. The Balaban J connectivity index is 2.53. The Hall–Kier alpha value is -0.300. The van der Waals surface area contributed by atoms with E-state index < -0.39 is 0 Å². The van der Waals surface area contributed by atoms with E-state index in [4.69, 9.17) is 0 Å². The molecule has 52 valence electrons. The Kier molecular flexibility index (Phi) is 2.29. The van der Waals surface area contributed by atoms with Gasteiger partial charge in [0.2, 0.25) is 0 Å². The topological polar surface area (TPSA) is 12.0 Å². The van der Waals surface area contributed by atoms with E-state index in [1.165, 1.54) is 13.0 Å². The van der Waals surface area contributed by atoms with Crippen LogP contribution in [0.5, 0.6) is 0 Å². The van der Waals surface area contributed by atoms with Gasteiger partial charge >= 0.3 is 0 Å². The third-order valence-corrected chi connectivity index (χ3v) is 2.00. The van der Waals surface area contributed by atoms with Crippen LogP contribution in [0.25, 0.3) is 0 Å². The molecule has 1 rings (SSSR count). The summed E-state index contributed by atoms with van der Waals surface area (Å²) < 4.78 is 0. The van der Waals surface area contributed by atoms with Crippen molar-refractivity contribution in [2.75, 3.05) is 13.1 Å². The average molecular weight is 125 g/mol. The van der Waals surface area contributed by atoms with Gasteiger partial charge in [-0.1, -0.05) is 25.5 Å². The molecule has 0 saturated carbocycles. The van der Waals surface area contributed by atoms with Crippen LogP contribution in [0, 0.1) is 5.92 Å². The van der Waals surface area contributed by atoms with Gasteiger partial charge in [-0.2, -0.15) is 0 Å². The fraction of sp³-hybridized carbons (Fsp3) is 0.750. The fourth-order valence-corrected chi connectivity index (χ4v) is 1.33. The molecule has 1 unspecified atom stereocenters. The van der Waals surface area contributed by atoms with Gasteiger partial charge in [-0.15, -0.1) is 0 Å². The summed E-state index contributed by atoms with van der Waals surface area (Å²) in [4.78, 5) is 0. The monoisotopic (exact) mass is 125 g/mol. The number of rotatable bonds is 1. The van der Waals surface area contributed by atoms with E-state index in [9.17, 15) is 0 Å². The molecular formula is C8H15N. The van der Waals surface area contributed by atoms with E-state index in [1.807, 2.05) is 0 Å². The maximum Gasteiger partial charge on any atom is 0.0137 e. The van der Waals surface area contributed by atoms with Gasteiger partial charge in [0.1, 0.15) is 0 Å². The third kappa shape index (κ3) is 1.55. The van der Waals surface area contributed by atoms with Crippen molar-refractivity contribution in [2.45, 2.75) is 20.3 Å². The third-order valence-electron chi connectivity index (χ3n) is 2.00. The lowest BCUT2D eigenvalue weighted by atomic mass is 9.96. The summed E-state index contributed by atoms with van der Waals surface area (Å²) in [6.07, 6.45) is 3.54. The minimum absolute atomic E-state index is 0.767. The van der Waals surface area contributed by atoms with Crippen LogP contribution in [-0.4, -0.2) is 13.1 Å². The maximum absolute atomic E-state index is 3.32. The number of hydrogen-bond acceptors (Lipinski definition) is 1. The molecule has 1 N–H and O–H groups in total.